The highest BCUT2D eigenvalue weighted by molar-refractivity contribution is 9.10. The summed E-state index contributed by atoms with van der Waals surface area (Å²) in [5.41, 5.74) is 9.16. The van der Waals surface area contributed by atoms with E-state index in [1.807, 2.05) is 0 Å². The molecule has 3 aromatic rings. The third-order valence-corrected chi connectivity index (χ3v) is 7.91. The number of nitrogens with zero attached hydrogens (tertiary/aromatic N) is 3. The molecule has 0 unspecified atom stereocenters. The van der Waals surface area contributed by atoms with Crippen molar-refractivity contribution in [3.63, 3.8) is 0 Å². The number of imidazole rings is 1. The molecule has 1 aliphatic heterocycles. The van der Waals surface area contributed by atoms with Crippen molar-refractivity contribution in [3.8, 4) is 0 Å². The van der Waals surface area contributed by atoms with E-state index in [1.54, 1.807) is 44.4 Å². The minimum Gasteiger partial charge on any atom is -0.398 e. The van der Waals surface area contributed by atoms with E-state index in [-0.39, 0.29) is 10.6 Å². The molecule has 0 bridgehead atoms. The Labute approximate surface area is 165 Å². The summed E-state index contributed by atoms with van der Waals surface area (Å²) in [5, 5.41) is 0. The molecule has 2 aromatic carbocycles. The molecule has 1 aliphatic rings. The number of fused-ring (bicyclic) bond motifs is 2. The Morgan fingerprint density at radius 1 is 1.11 bits per heavy atom. The van der Waals surface area contributed by atoms with Gasteiger partial charge in [-0.3, -0.25) is 13.4 Å². The van der Waals surface area contributed by atoms with Crippen molar-refractivity contribution in [1.82, 2.24) is 9.13 Å². The highest BCUT2D eigenvalue weighted by atomic mass is 79.9. The molecule has 0 amide bonds. The van der Waals surface area contributed by atoms with E-state index in [4.69, 9.17) is 5.73 Å². The van der Waals surface area contributed by atoms with Crippen molar-refractivity contribution in [2.75, 3.05) is 16.6 Å². The van der Waals surface area contributed by atoms with Gasteiger partial charge in [0.1, 0.15) is 4.90 Å². The van der Waals surface area contributed by atoms with Crippen LogP contribution in [0.5, 0.6) is 0 Å². The molecule has 0 radical (unpaired) electrons. The van der Waals surface area contributed by atoms with Crippen LogP contribution in [0.2, 0.25) is 0 Å². The number of hydrogen-bond donors (Lipinski definition) is 1. The van der Waals surface area contributed by atoms with Crippen LogP contribution in [-0.2, 0) is 30.5 Å². The predicted octanol–water partition coefficient (Wildman–Crippen LogP) is 2.36. The number of nitrogens with two attached hydrogens (primary N) is 1. The van der Waals surface area contributed by atoms with Gasteiger partial charge in [0.2, 0.25) is 0 Å². The second-order valence-corrected chi connectivity index (χ2v) is 9.38. The smallest absolute Gasteiger partial charge is 0.328 e. The van der Waals surface area contributed by atoms with Crippen molar-refractivity contribution in [1.29, 1.82) is 0 Å². The molecule has 9 heteroatoms. The lowest BCUT2D eigenvalue weighted by molar-refractivity contribution is 0.586. The van der Waals surface area contributed by atoms with Gasteiger partial charge in [0.15, 0.2) is 0 Å². The first-order chi connectivity index (χ1) is 12.7. The van der Waals surface area contributed by atoms with Crippen LogP contribution in [0.1, 0.15) is 12.0 Å². The number of benzene rings is 2. The number of anilines is 2. The SMILES string of the molecule is Cn1c(=O)n(C)c2cc(S(=O)(=O)N3CCCc4c(N)cccc43)c(Br)cc21. The summed E-state index contributed by atoms with van der Waals surface area (Å²) in [6.45, 7) is 0.386. The fourth-order valence-electron chi connectivity index (χ4n) is 3.68. The van der Waals surface area contributed by atoms with Crippen molar-refractivity contribution < 1.29 is 8.42 Å². The molecular weight excluding hydrogens is 432 g/mol. The quantitative estimate of drug-likeness (QED) is 0.606. The van der Waals surface area contributed by atoms with Gasteiger partial charge in [-0.2, -0.15) is 0 Å². The molecule has 0 spiro atoms. The second-order valence-electron chi connectivity index (χ2n) is 6.70. The molecule has 0 fully saturated rings. The van der Waals surface area contributed by atoms with Crippen molar-refractivity contribution in [2.45, 2.75) is 17.7 Å². The molecule has 0 saturated carbocycles. The van der Waals surface area contributed by atoms with E-state index in [9.17, 15) is 13.2 Å². The lowest BCUT2D eigenvalue weighted by Gasteiger charge is -2.31. The fourth-order valence-corrected chi connectivity index (χ4v) is 6.23. The van der Waals surface area contributed by atoms with Gasteiger partial charge in [0.25, 0.3) is 10.0 Å². The van der Waals surface area contributed by atoms with Crippen LogP contribution in [0.3, 0.4) is 0 Å². The molecule has 27 heavy (non-hydrogen) atoms. The van der Waals surface area contributed by atoms with Crippen LogP contribution < -0.4 is 15.7 Å². The zero-order chi connectivity index (χ0) is 19.5. The molecule has 4 rings (SSSR count). The van der Waals surface area contributed by atoms with Crippen LogP contribution >= 0.6 is 15.9 Å². The van der Waals surface area contributed by atoms with Gasteiger partial charge in [-0.25, -0.2) is 13.2 Å². The Morgan fingerprint density at radius 2 is 1.78 bits per heavy atom. The predicted molar refractivity (Wildman–Crippen MR) is 110 cm³/mol. The van der Waals surface area contributed by atoms with Gasteiger partial charge in [-0.1, -0.05) is 6.07 Å². The summed E-state index contributed by atoms with van der Waals surface area (Å²) < 4.78 is 31.8. The molecule has 0 saturated heterocycles. The molecule has 142 valence electrons. The maximum absolute atomic E-state index is 13.5. The minimum absolute atomic E-state index is 0.131. The standard InChI is InChI=1S/C18H19BrN4O3S/c1-21-15-9-12(19)17(10-16(15)22(2)18(21)24)27(25,26)23-8-4-5-11-13(20)6-3-7-14(11)23/h3,6-7,9-10H,4-5,8,20H2,1-2H3. The fraction of sp³-hybridized carbons (Fsp3) is 0.278. The molecule has 7 nitrogen and oxygen atoms in total. The number of halogens is 1. The largest absolute Gasteiger partial charge is 0.398 e. The topological polar surface area (TPSA) is 90.3 Å². The van der Waals surface area contributed by atoms with Crippen molar-refractivity contribution >= 4 is 48.4 Å². The Bertz CT molecular complexity index is 1240. The summed E-state index contributed by atoms with van der Waals surface area (Å²) >= 11 is 3.39. The normalized spacial score (nSPS) is 14.6. The first kappa shape index (κ1) is 18.1. The van der Waals surface area contributed by atoms with Crippen LogP contribution in [-0.4, -0.2) is 24.1 Å². The van der Waals surface area contributed by atoms with Crippen LogP contribution in [0, 0.1) is 0 Å². The Balaban J connectivity index is 1.94. The number of sulfonamides is 1. The van der Waals surface area contributed by atoms with Gasteiger partial charge in [0.05, 0.1) is 16.7 Å². The van der Waals surface area contributed by atoms with E-state index in [0.29, 0.717) is 39.8 Å². The van der Waals surface area contributed by atoms with Gasteiger partial charge < -0.3 is 5.73 Å². The van der Waals surface area contributed by atoms with Crippen LogP contribution in [0.4, 0.5) is 11.4 Å². The maximum Gasteiger partial charge on any atom is 0.328 e. The van der Waals surface area contributed by atoms with Crippen LogP contribution in [0.25, 0.3) is 11.0 Å². The zero-order valence-electron chi connectivity index (χ0n) is 14.9. The highest BCUT2D eigenvalue weighted by Crippen LogP contribution is 2.37. The second kappa shape index (κ2) is 6.13. The van der Waals surface area contributed by atoms with Crippen molar-refractivity contribution in [2.24, 2.45) is 14.1 Å². The zero-order valence-corrected chi connectivity index (χ0v) is 17.3. The summed E-state index contributed by atoms with van der Waals surface area (Å²) in [4.78, 5) is 12.3. The van der Waals surface area contributed by atoms with Crippen LogP contribution in [0.15, 0.2) is 44.5 Å². The third-order valence-electron chi connectivity index (χ3n) is 5.14. The average molecular weight is 451 g/mol. The van der Waals surface area contributed by atoms with Gasteiger partial charge in [-0.15, -0.1) is 0 Å². The first-order valence-corrected chi connectivity index (χ1v) is 10.7. The Hall–Kier alpha value is -2.26. The number of aryl methyl sites for hydroxylation is 2. The van der Waals surface area contributed by atoms with E-state index >= 15 is 0 Å². The molecule has 0 aliphatic carbocycles. The monoisotopic (exact) mass is 450 g/mol. The Kier molecular flexibility index (Phi) is 4.12. The van der Waals surface area contributed by atoms with Gasteiger partial charge >= 0.3 is 5.69 Å². The van der Waals surface area contributed by atoms with E-state index in [0.717, 1.165) is 12.0 Å². The molecule has 0 atom stereocenters. The number of aromatic nitrogens is 2. The lowest BCUT2D eigenvalue weighted by atomic mass is 10.0. The van der Waals surface area contributed by atoms with E-state index in [2.05, 4.69) is 15.9 Å². The van der Waals surface area contributed by atoms with Crippen molar-refractivity contribution in [3.05, 3.63) is 50.9 Å². The third kappa shape index (κ3) is 2.60. The lowest BCUT2D eigenvalue weighted by Crippen LogP contribution is -2.36. The summed E-state index contributed by atoms with van der Waals surface area (Å²) in [6.07, 6.45) is 1.45. The maximum atomic E-state index is 13.5. The first-order valence-electron chi connectivity index (χ1n) is 8.48. The van der Waals surface area contributed by atoms with E-state index < -0.39 is 10.0 Å². The highest BCUT2D eigenvalue weighted by Gasteiger charge is 2.32. The number of rotatable bonds is 2. The number of nitrogen functional groups attached to an aromatic ring is 1. The number of hydrogen-bond acceptors (Lipinski definition) is 4. The summed E-state index contributed by atoms with van der Waals surface area (Å²) in [6, 6.07) is 8.56. The van der Waals surface area contributed by atoms with E-state index in [1.165, 1.54) is 13.4 Å². The molecule has 1 aromatic heterocycles. The summed E-state index contributed by atoms with van der Waals surface area (Å²) in [7, 11) is -0.536. The average Bonchev–Trinajstić information content (AvgIpc) is 2.85. The molecular formula is C18H19BrN4O3S. The van der Waals surface area contributed by atoms with Gasteiger partial charge in [0, 0.05) is 30.8 Å². The summed E-state index contributed by atoms with van der Waals surface area (Å²) in [5.74, 6) is 0. The molecule has 2 heterocycles. The minimum atomic E-state index is -3.83. The van der Waals surface area contributed by atoms with Gasteiger partial charge in [-0.05, 0) is 58.6 Å². The molecule has 2 N–H and O–H groups in total. The Morgan fingerprint density at radius 3 is 2.48 bits per heavy atom.